The summed E-state index contributed by atoms with van der Waals surface area (Å²) in [4.78, 5) is 5.61. The molecule has 0 N–H and O–H groups in total. The third kappa shape index (κ3) is 2.55. The maximum atomic E-state index is 4.27. The quantitative estimate of drug-likeness (QED) is 0.626. The van der Waals surface area contributed by atoms with Crippen LogP contribution in [0.15, 0.2) is 18.3 Å². The van der Waals surface area contributed by atoms with Crippen molar-refractivity contribution in [2.75, 3.05) is 0 Å². The van der Waals surface area contributed by atoms with Crippen LogP contribution < -0.4 is 0 Å². The molecule has 0 aromatic carbocycles. The molecule has 0 amide bonds. The van der Waals surface area contributed by atoms with Gasteiger partial charge in [-0.1, -0.05) is 20.3 Å². The lowest BCUT2D eigenvalue weighted by molar-refractivity contribution is 1.09. The Morgan fingerprint density at radius 1 is 1.29 bits per heavy atom. The van der Waals surface area contributed by atoms with E-state index >= 15 is 0 Å². The van der Waals surface area contributed by atoms with Gasteiger partial charge >= 0.3 is 0 Å². The summed E-state index contributed by atoms with van der Waals surface area (Å²) in [6, 6.07) is 4.19. The second kappa shape index (κ2) is 5.11. The van der Waals surface area contributed by atoms with Gasteiger partial charge in [0.25, 0.3) is 0 Å². The van der Waals surface area contributed by atoms with E-state index in [1.165, 1.54) is 21.6 Å². The average molecular weight is 207 g/mol. The Kier molecular flexibility index (Phi) is 4.08. The zero-order chi connectivity index (χ0) is 10.6. The number of nitrogens with zero attached hydrogens (tertiary/aromatic N) is 1. The van der Waals surface area contributed by atoms with Crippen LogP contribution in [0.5, 0.6) is 0 Å². The van der Waals surface area contributed by atoms with Gasteiger partial charge in [-0.15, -0.1) is 11.3 Å². The summed E-state index contributed by atoms with van der Waals surface area (Å²) in [5.74, 6) is 0. The molecule has 0 fully saturated rings. The lowest BCUT2D eigenvalue weighted by Gasteiger charge is -1.90. The van der Waals surface area contributed by atoms with Gasteiger partial charge in [-0.2, -0.15) is 0 Å². The summed E-state index contributed by atoms with van der Waals surface area (Å²) < 4.78 is 1.32. The highest BCUT2D eigenvalue weighted by molar-refractivity contribution is 7.19. The fourth-order valence-corrected chi connectivity index (χ4v) is 2.12. The summed E-state index contributed by atoms with van der Waals surface area (Å²) in [5, 5.41) is 0. The summed E-state index contributed by atoms with van der Waals surface area (Å²) in [7, 11) is 0. The molecular formula is C12H17NS. The molecule has 0 saturated carbocycles. The van der Waals surface area contributed by atoms with E-state index in [0.717, 1.165) is 5.52 Å². The van der Waals surface area contributed by atoms with Crippen LogP contribution in [0.2, 0.25) is 0 Å². The lowest BCUT2D eigenvalue weighted by atomic mass is 10.3. The Bertz CT molecular complexity index is 404. The molecule has 0 atom stereocenters. The highest BCUT2D eigenvalue weighted by Gasteiger charge is 2.00. The molecule has 0 spiro atoms. The molecule has 2 heterocycles. The predicted octanol–water partition coefficient (Wildman–Crippen LogP) is 4.33. The molecule has 2 heteroatoms. The number of hydrogen-bond acceptors (Lipinski definition) is 2. The van der Waals surface area contributed by atoms with Gasteiger partial charge in [0.05, 0.1) is 10.2 Å². The summed E-state index contributed by atoms with van der Waals surface area (Å²) >= 11 is 1.82. The number of thiophene rings is 1. The van der Waals surface area contributed by atoms with Crippen LogP contribution in [0.1, 0.15) is 30.7 Å². The van der Waals surface area contributed by atoms with E-state index in [-0.39, 0.29) is 0 Å². The Hall–Kier alpha value is -0.890. The van der Waals surface area contributed by atoms with Crippen LogP contribution in [0.4, 0.5) is 0 Å². The zero-order valence-corrected chi connectivity index (χ0v) is 10.1. The van der Waals surface area contributed by atoms with Crippen molar-refractivity contribution in [1.29, 1.82) is 0 Å². The fraction of sp³-hybridized carbons (Fsp3) is 0.417. The SMILES string of the molecule is CCC.Cc1cc2nccc(C)c2s1. The van der Waals surface area contributed by atoms with E-state index in [4.69, 9.17) is 0 Å². The number of aryl methyl sites for hydroxylation is 2. The molecule has 2 rings (SSSR count). The minimum Gasteiger partial charge on any atom is -0.255 e. The normalized spacial score (nSPS) is 9.71. The van der Waals surface area contributed by atoms with Gasteiger partial charge in [-0.25, -0.2) is 0 Å². The van der Waals surface area contributed by atoms with Crippen molar-refractivity contribution in [1.82, 2.24) is 4.98 Å². The molecule has 0 unspecified atom stereocenters. The Labute approximate surface area is 89.8 Å². The van der Waals surface area contributed by atoms with Gasteiger partial charge in [0.2, 0.25) is 0 Å². The molecule has 2 aromatic rings. The smallest absolute Gasteiger partial charge is 0.0815 e. The van der Waals surface area contributed by atoms with Crippen LogP contribution in [-0.4, -0.2) is 4.98 Å². The number of hydrogen-bond donors (Lipinski definition) is 0. The molecule has 0 aliphatic rings. The topological polar surface area (TPSA) is 12.9 Å². The zero-order valence-electron chi connectivity index (χ0n) is 9.29. The molecule has 2 aromatic heterocycles. The van der Waals surface area contributed by atoms with E-state index in [2.05, 4.69) is 44.8 Å². The minimum atomic E-state index is 1.13. The van der Waals surface area contributed by atoms with Gasteiger partial charge in [0.15, 0.2) is 0 Å². The molecule has 0 saturated heterocycles. The van der Waals surface area contributed by atoms with Gasteiger partial charge < -0.3 is 0 Å². The van der Waals surface area contributed by atoms with E-state index in [1.807, 2.05) is 17.5 Å². The van der Waals surface area contributed by atoms with Crippen molar-refractivity contribution in [2.24, 2.45) is 0 Å². The highest BCUT2D eigenvalue weighted by atomic mass is 32.1. The largest absolute Gasteiger partial charge is 0.255 e. The average Bonchev–Trinajstić information content (AvgIpc) is 2.48. The summed E-state index contributed by atoms with van der Waals surface area (Å²) in [6.07, 6.45) is 3.11. The standard InChI is InChI=1S/C9H9NS.C3H8/c1-6-3-4-10-8-5-7(2)11-9(6)8;1-3-2/h3-5H,1-2H3;3H2,1-2H3. The van der Waals surface area contributed by atoms with Gasteiger partial charge in [-0.05, 0) is 31.5 Å². The number of rotatable bonds is 0. The number of pyridine rings is 1. The van der Waals surface area contributed by atoms with Crippen molar-refractivity contribution in [3.63, 3.8) is 0 Å². The molecule has 0 aliphatic carbocycles. The van der Waals surface area contributed by atoms with E-state index in [1.54, 1.807) is 0 Å². The molecule has 0 bridgehead atoms. The maximum Gasteiger partial charge on any atom is 0.0815 e. The molecule has 1 nitrogen and oxygen atoms in total. The van der Waals surface area contributed by atoms with E-state index in [9.17, 15) is 0 Å². The third-order valence-corrected chi connectivity index (χ3v) is 2.91. The van der Waals surface area contributed by atoms with Crippen molar-refractivity contribution in [3.8, 4) is 0 Å². The molecule has 0 aliphatic heterocycles. The first kappa shape index (κ1) is 11.2. The van der Waals surface area contributed by atoms with Crippen LogP contribution in [-0.2, 0) is 0 Å². The highest BCUT2D eigenvalue weighted by Crippen LogP contribution is 2.25. The molecule has 14 heavy (non-hydrogen) atoms. The van der Waals surface area contributed by atoms with E-state index < -0.39 is 0 Å². The Morgan fingerprint density at radius 3 is 2.50 bits per heavy atom. The number of aromatic nitrogens is 1. The monoisotopic (exact) mass is 207 g/mol. The first-order chi connectivity index (χ1) is 6.69. The Balaban J connectivity index is 0.000000293. The molecule has 76 valence electrons. The molecular weight excluding hydrogens is 190 g/mol. The van der Waals surface area contributed by atoms with Crippen LogP contribution in [0, 0.1) is 13.8 Å². The Morgan fingerprint density at radius 2 is 1.93 bits per heavy atom. The minimum absolute atomic E-state index is 1.13. The van der Waals surface area contributed by atoms with Crippen LogP contribution in [0.25, 0.3) is 10.2 Å². The summed E-state index contributed by atoms with van der Waals surface area (Å²) in [6.45, 7) is 8.49. The van der Waals surface area contributed by atoms with Crippen molar-refractivity contribution >= 4 is 21.6 Å². The fourth-order valence-electron chi connectivity index (χ4n) is 1.18. The second-order valence-electron chi connectivity index (χ2n) is 3.41. The predicted molar refractivity (Wildman–Crippen MR) is 65.1 cm³/mol. The first-order valence-electron chi connectivity index (χ1n) is 5.00. The molecule has 0 radical (unpaired) electrons. The van der Waals surface area contributed by atoms with E-state index in [0.29, 0.717) is 0 Å². The van der Waals surface area contributed by atoms with Crippen molar-refractivity contribution in [3.05, 3.63) is 28.8 Å². The third-order valence-electron chi connectivity index (χ3n) is 1.73. The van der Waals surface area contributed by atoms with Crippen LogP contribution in [0.3, 0.4) is 0 Å². The maximum absolute atomic E-state index is 4.27. The van der Waals surface area contributed by atoms with Crippen molar-refractivity contribution in [2.45, 2.75) is 34.1 Å². The van der Waals surface area contributed by atoms with Crippen LogP contribution >= 0.6 is 11.3 Å². The second-order valence-corrected chi connectivity index (χ2v) is 4.66. The number of fused-ring (bicyclic) bond motifs is 1. The van der Waals surface area contributed by atoms with Gasteiger partial charge in [0, 0.05) is 11.1 Å². The lowest BCUT2D eigenvalue weighted by Crippen LogP contribution is -1.73. The summed E-state index contributed by atoms with van der Waals surface area (Å²) in [5.41, 5.74) is 2.46. The van der Waals surface area contributed by atoms with Crippen molar-refractivity contribution < 1.29 is 0 Å². The first-order valence-corrected chi connectivity index (χ1v) is 5.82. The van der Waals surface area contributed by atoms with Gasteiger partial charge in [-0.3, -0.25) is 4.98 Å². The van der Waals surface area contributed by atoms with Gasteiger partial charge in [0.1, 0.15) is 0 Å².